The predicted octanol–water partition coefficient (Wildman–Crippen LogP) is 8.08. The molecule has 75 heavy (non-hydrogen) atoms. The molecule has 3 atom stereocenters. The number of nitrogens with zero attached hydrogens (tertiary/aromatic N) is 6. The molecule has 4 aliphatic heterocycles. The fraction of sp³-hybridized carbons (Fsp3) is 0.276. The van der Waals surface area contributed by atoms with Crippen molar-refractivity contribution in [2.75, 3.05) is 25.4 Å². The number of hydrogen-bond donors (Lipinski definition) is 2. The molecule has 4 amide bonds. The number of fused-ring (bicyclic) bond motifs is 1. The molecule has 4 aliphatic rings. The molecule has 3 fully saturated rings. The third kappa shape index (κ3) is 10.3. The highest BCUT2D eigenvalue weighted by Crippen LogP contribution is 2.43. The van der Waals surface area contributed by atoms with Gasteiger partial charge in [0.15, 0.2) is 11.2 Å². The second-order valence-electron chi connectivity index (χ2n) is 19.8. The quantitative estimate of drug-likeness (QED) is 0.0267. The molecule has 0 aliphatic carbocycles. The zero-order valence-corrected chi connectivity index (χ0v) is 42.5. The van der Waals surface area contributed by atoms with E-state index >= 15 is 0 Å². The number of esters is 1. The number of nitrogens with two attached hydrogens (primary N) is 1. The normalized spacial score (nSPS) is 19.5. The zero-order chi connectivity index (χ0) is 52.3. The van der Waals surface area contributed by atoms with Gasteiger partial charge in [-0.1, -0.05) is 157 Å². The van der Waals surface area contributed by atoms with Crippen LogP contribution in [0.4, 0.5) is 9.93 Å². The van der Waals surface area contributed by atoms with Crippen molar-refractivity contribution in [1.29, 1.82) is 0 Å². The summed E-state index contributed by atoms with van der Waals surface area (Å²) in [5, 5.41) is 7.55. The van der Waals surface area contributed by atoms with Crippen LogP contribution in [0.3, 0.4) is 0 Å². The van der Waals surface area contributed by atoms with Crippen molar-refractivity contribution < 1.29 is 38.3 Å². The van der Waals surface area contributed by atoms with E-state index in [1.54, 1.807) is 15.9 Å². The Morgan fingerprint density at radius 1 is 0.773 bits per heavy atom. The summed E-state index contributed by atoms with van der Waals surface area (Å²) < 4.78 is 16.4. The molecule has 5 aromatic carbocycles. The molecule has 10 rings (SSSR count). The van der Waals surface area contributed by atoms with E-state index in [0.717, 1.165) is 28.2 Å². The molecule has 3 N–H and O–H groups in total. The standard InChI is InChI=1S/C58H56N8O8S/c1-57(2,3)73-56(71)64-33-32-44(36-64)65-34-31-40(52(65)68)35-39-29-30-45-46(53(69)66(45)48(39)54(70)72-49(37-19-9-4-10-20-37)38-21-11-5-12-22-38)60-51(67)47(50-61-55(59)75-63-50)62-74-58(41-23-13-6-14-24-41,42-25-15-7-16-26-42)43-27-17-8-18-28-43/h4-28,35,44-46,49H,29-34,36H2,1-3H3,(H,60,67)(H2,59,61,63)/b40-35+,62-47+/t44?,45?,46-/m0/s1. The first-order valence-corrected chi connectivity index (χ1v) is 25.8. The number of nitrogens with one attached hydrogen (secondary N) is 1. The van der Waals surface area contributed by atoms with Crippen LogP contribution in [0, 0.1) is 0 Å². The summed E-state index contributed by atoms with van der Waals surface area (Å²) in [5.74, 6) is -2.47. The van der Waals surface area contributed by atoms with Crippen LogP contribution in [0.5, 0.6) is 0 Å². The van der Waals surface area contributed by atoms with Crippen molar-refractivity contribution in [3.8, 4) is 0 Å². The fourth-order valence-corrected chi connectivity index (χ4v) is 10.7. The minimum Gasteiger partial charge on any atom is -0.448 e. The lowest BCUT2D eigenvalue weighted by Crippen LogP contribution is -2.72. The molecule has 0 radical (unpaired) electrons. The molecule has 6 aromatic rings. The van der Waals surface area contributed by atoms with Crippen molar-refractivity contribution in [2.24, 2.45) is 5.16 Å². The molecule has 382 valence electrons. The number of β-lactam (4-membered cyclic amide) rings is 1. The maximum atomic E-state index is 15.0. The first-order chi connectivity index (χ1) is 36.3. The minimum absolute atomic E-state index is 0.0149. The predicted molar refractivity (Wildman–Crippen MR) is 281 cm³/mol. The van der Waals surface area contributed by atoms with Crippen LogP contribution in [0.25, 0.3) is 0 Å². The van der Waals surface area contributed by atoms with Gasteiger partial charge in [0, 0.05) is 53.4 Å². The molecule has 1 aromatic heterocycles. The van der Waals surface area contributed by atoms with Crippen LogP contribution < -0.4 is 11.1 Å². The van der Waals surface area contributed by atoms with Gasteiger partial charge in [0.2, 0.25) is 23.0 Å². The number of ether oxygens (including phenoxy) is 2. The van der Waals surface area contributed by atoms with Gasteiger partial charge < -0.3 is 35.2 Å². The van der Waals surface area contributed by atoms with Gasteiger partial charge >= 0.3 is 12.1 Å². The Kier molecular flexibility index (Phi) is 14.2. The van der Waals surface area contributed by atoms with Gasteiger partial charge in [-0.25, -0.2) is 9.59 Å². The molecular formula is C58H56N8O8S. The van der Waals surface area contributed by atoms with Gasteiger partial charge in [0.25, 0.3) is 11.8 Å². The Hall–Kier alpha value is -8.44. The van der Waals surface area contributed by atoms with Crippen molar-refractivity contribution in [1.82, 2.24) is 29.4 Å². The summed E-state index contributed by atoms with van der Waals surface area (Å²) in [5.41, 5.74) is 8.23. The lowest BCUT2D eigenvalue weighted by molar-refractivity contribution is -0.158. The van der Waals surface area contributed by atoms with Gasteiger partial charge in [-0.05, 0) is 69.2 Å². The van der Waals surface area contributed by atoms with E-state index in [4.69, 9.17) is 20.0 Å². The Morgan fingerprint density at radius 3 is 1.87 bits per heavy atom. The van der Waals surface area contributed by atoms with Crippen LogP contribution >= 0.6 is 11.5 Å². The van der Waals surface area contributed by atoms with E-state index in [-0.39, 0.29) is 40.7 Å². The van der Waals surface area contributed by atoms with Crippen LogP contribution in [0.1, 0.15) is 86.2 Å². The Labute approximate surface area is 438 Å². The summed E-state index contributed by atoms with van der Waals surface area (Å²) in [4.78, 5) is 87.5. The lowest BCUT2D eigenvalue weighted by atomic mass is 9.80. The number of amides is 4. The molecule has 3 saturated heterocycles. The lowest BCUT2D eigenvalue weighted by Gasteiger charge is -2.50. The number of aromatic nitrogens is 2. The number of anilines is 1. The van der Waals surface area contributed by atoms with Crippen molar-refractivity contribution in [3.63, 3.8) is 0 Å². The van der Waals surface area contributed by atoms with Crippen LogP contribution in [-0.2, 0) is 39.1 Å². The third-order valence-corrected chi connectivity index (χ3v) is 14.4. The molecule has 0 spiro atoms. The SMILES string of the molecule is CC(C)(C)OC(=O)N1CCC(N2CC/C(=C\C3=C(C(=O)OC(c4ccccc4)c4ccccc4)N4C(=O)[C@@H](NC(=O)/C(=N/OC(c5ccccc5)(c5ccccc5)c5ccccc5)c5nsc(N)n5)C4CC3)C2=O)C1. The molecule has 0 saturated carbocycles. The number of likely N-dealkylation sites (tertiary alicyclic amines) is 2. The summed E-state index contributed by atoms with van der Waals surface area (Å²) in [6.45, 7) is 6.65. The van der Waals surface area contributed by atoms with E-state index in [1.165, 1.54) is 4.90 Å². The monoisotopic (exact) mass is 1020 g/mol. The van der Waals surface area contributed by atoms with E-state index < -0.39 is 53.3 Å². The van der Waals surface area contributed by atoms with E-state index in [1.807, 2.05) is 172 Å². The Bertz CT molecular complexity index is 3050. The van der Waals surface area contributed by atoms with Crippen LogP contribution in [-0.4, -0.2) is 103 Å². The highest BCUT2D eigenvalue weighted by atomic mass is 32.1. The Balaban J connectivity index is 0.969. The van der Waals surface area contributed by atoms with Gasteiger partial charge in [0.05, 0.1) is 12.1 Å². The topological polar surface area (TPSA) is 199 Å². The average molecular weight is 1030 g/mol. The maximum Gasteiger partial charge on any atom is 0.410 e. The number of carbonyl (C=O) groups excluding carboxylic acids is 5. The van der Waals surface area contributed by atoms with Crippen LogP contribution in [0.15, 0.2) is 180 Å². The number of hydrogen-bond acceptors (Lipinski definition) is 13. The molecular weight excluding hydrogens is 969 g/mol. The second-order valence-corrected chi connectivity index (χ2v) is 20.6. The summed E-state index contributed by atoms with van der Waals surface area (Å²) in [6, 6.07) is 45.1. The fourth-order valence-electron chi connectivity index (χ4n) is 10.3. The molecule has 0 bridgehead atoms. The van der Waals surface area contributed by atoms with Crippen LogP contribution in [0.2, 0.25) is 0 Å². The van der Waals surface area contributed by atoms with Gasteiger partial charge in [-0.15, -0.1) is 0 Å². The molecule has 2 unspecified atom stereocenters. The maximum absolute atomic E-state index is 15.0. The summed E-state index contributed by atoms with van der Waals surface area (Å²) in [6.07, 6.45) is 2.01. The average Bonchev–Trinajstić information content (AvgIpc) is 4.23. The number of carbonyl (C=O) groups is 5. The number of benzene rings is 5. The molecule has 5 heterocycles. The number of nitrogen functional groups attached to an aromatic ring is 1. The first kappa shape index (κ1) is 50.1. The highest BCUT2D eigenvalue weighted by Gasteiger charge is 2.54. The molecule has 16 nitrogen and oxygen atoms in total. The smallest absolute Gasteiger partial charge is 0.410 e. The van der Waals surface area contributed by atoms with Gasteiger partial charge in [-0.3, -0.25) is 19.3 Å². The minimum atomic E-state index is -1.37. The Morgan fingerprint density at radius 2 is 1.33 bits per heavy atom. The van der Waals surface area contributed by atoms with Gasteiger partial charge in [-0.2, -0.15) is 9.36 Å². The largest absolute Gasteiger partial charge is 0.448 e. The summed E-state index contributed by atoms with van der Waals surface area (Å²) in [7, 11) is 0. The number of allylic oxidation sites excluding steroid dienone is 2. The van der Waals surface area contributed by atoms with E-state index in [0.29, 0.717) is 61.2 Å². The third-order valence-electron chi connectivity index (χ3n) is 13.8. The summed E-state index contributed by atoms with van der Waals surface area (Å²) >= 11 is 0.873. The molecule has 17 heteroatoms. The highest BCUT2D eigenvalue weighted by molar-refractivity contribution is 7.09. The van der Waals surface area contributed by atoms with Crippen molar-refractivity contribution in [3.05, 3.63) is 208 Å². The zero-order valence-electron chi connectivity index (χ0n) is 41.7. The van der Waals surface area contributed by atoms with E-state index in [9.17, 15) is 24.0 Å². The van der Waals surface area contributed by atoms with E-state index in [2.05, 4.69) is 19.8 Å². The number of oxime groups is 1. The second kappa shape index (κ2) is 21.2. The van der Waals surface area contributed by atoms with Crippen molar-refractivity contribution >= 4 is 52.2 Å². The van der Waals surface area contributed by atoms with Gasteiger partial charge in [0.1, 0.15) is 17.3 Å². The van der Waals surface area contributed by atoms with Crippen molar-refractivity contribution in [2.45, 2.75) is 81.9 Å². The number of rotatable bonds is 14. The first-order valence-electron chi connectivity index (χ1n) is 25.0.